The van der Waals surface area contributed by atoms with Crippen molar-refractivity contribution in [1.82, 2.24) is 8.87 Å². The summed E-state index contributed by atoms with van der Waals surface area (Å²) in [4.78, 5) is 17.8. The van der Waals surface area contributed by atoms with Crippen LogP contribution in [-0.4, -0.2) is 55.8 Å². The number of amides is 1. The summed E-state index contributed by atoms with van der Waals surface area (Å²) in [5.41, 5.74) is 0.895. The molecule has 0 saturated carbocycles. The van der Waals surface area contributed by atoms with Gasteiger partial charge in [-0.25, -0.2) is 12.7 Å². The van der Waals surface area contributed by atoms with Crippen molar-refractivity contribution in [2.24, 2.45) is 10.9 Å². The molecule has 0 bridgehead atoms. The summed E-state index contributed by atoms with van der Waals surface area (Å²) in [5, 5.41) is 0. The van der Waals surface area contributed by atoms with Crippen molar-refractivity contribution in [2.75, 3.05) is 32.6 Å². The van der Waals surface area contributed by atoms with Gasteiger partial charge in [0.05, 0.1) is 22.4 Å². The lowest BCUT2D eigenvalue weighted by Crippen LogP contribution is -2.41. The van der Waals surface area contributed by atoms with Crippen LogP contribution in [0.2, 0.25) is 0 Å². The van der Waals surface area contributed by atoms with Gasteiger partial charge in [-0.1, -0.05) is 17.4 Å². The fraction of sp³-hybridized carbons (Fsp3) is 0.474. The van der Waals surface area contributed by atoms with E-state index in [9.17, 15) is 13.2 Å². The van der Waals surface area contributed by atoms with Crippen LogP contribution in [0.25, 0.3) is 10.2 Å². The van der Waals surface area contributed by atoms with Crippen molar-refractivity contribution < 1.29 is 22.7 Å². The summed E-state index contributed by atoms with van der Waals surface area (Å²) in [7, 11) is -3.32. The fourth-order valence-corrected chi connectivity index (χ4v) is 5.59. The summed E-state index contributed by atoms with van der Waals surface area (Å²) in [5.74, 6) is 0.638. The fourth-order valence-electron chi connectivity index (χ4n) is 3.63. The van der Waals surface area contributed by atoms with Gasteiger partial charge in [0.2, 0.25) is 10.0 Å². The van der Waals surface area contributed by atoms with Gasteiger partial charge in [-0.05, 0) is 12.8 Å². The number of carbonyl (C=O) groups excluding carboxylic acids is 1. The number of thiazole rings is 1. The van der Waals surface area contributed by atoms with Crippen LogP contribution < -0.4 is 14.3 Å². The summed E-state index contributed by atoms with van der Waals surface area (Å²) in [6, 6.07) is 3.81. The molecule has 1 amide bonds. The number of carbonyl (C=O) groups is 1. The minimum absolute atomic E-state index is 0.184. The number of sulfonamides is 1. The molecular weight excluding hydrogens is 414 g/mol. The van der Waals surface area contributed by atoms with Crippen molar-refractivity contribution >= 4 is 37.5 Å². The average Bonchev–Trinajstić information content (AvgIpc) is 3.02. The second-order valence-electron chi connectivity index (χ2n) is 7.16. The maximum Gasteiger partial charge on any atom is 0.252 e. The summed E-state index contributed by atoms with van der Waals surface area (Å²) in [6.45, 7) is 5.94. The highest BCUT2D eigenvalue weighted by Gasteiger charge is 2.30. The number of benzene rings is 1. The van der Waals surface area contributed by atoms with Crippen LogP contribution in [0.3, 0.4) is 0 Å². The molecular formula is C19H23N3O5S2. The third kappa shape index (κ3) is 4.10. The summed E-state index contributed by atoms with van der Waals surface area (Å²) < 4.78 is 39.2. The average molecular weight is 438 g/mol. The Balaban J connectivity index is 1.72. The molecule has 0 N–H and O–H groups in total. The molecule has 1 aromatic carbocycles. The standard InChI is InChI=1S/C19H23N3O5S2/c1-3-6-22-14-10-15-16(27-9-8-26-15)11-17(14)28-19(22)20-18(23)13-5-4-7-21(12-13)29(2,24)25/h3,10-11,13H,1,4-9,12H2,2H3. The van der Waals surface area contributed by atoms with Gasteiger partial charge in [-0.3, -0.25) is 4.79 Å². The highest BCUT2D eigenvalue weighted by atomic mass is 32.2. The van der Waals surface area contributed by atoms with Crippen molar-refractivity contribution in [3.05, 3.63) is 29.6 Å². The summed E-state index contributed by atoms with van der Waals surface area (Å²) >= 11 is 1.40. The monoisotopic (exact) mass is 437 g/mol. The highest BCUT2D eigenvalue weighted by molar-refractivity contribution is 7.88. The van der Waals surface area contributed by atoms with E-state index in [2.05, 4.69) is 11.6 Å². The SMILES string of the molecule is C=CCn1c(=NC(=O)C2CCCN(S(C)(=O)=O)C2)sc2cc3c(cc21)OCCO3. The molecule has 4 rings (SSSR count). The van der Waals surface area contributed by atoms with Gasteiger partial charge < -0.3 is 14.0 Å². The molecule has 0 spiro atoms. The summed E-state index contributed by atoms with van der Waals surface area (Å²) in [6.07, 6.45) is 4.21. The van der Waals surface area contributed by atoms with Crippen LogP contribution in [0.15, 0.2) is 29.8 Å². The number of piperidine rings is 1. The molecule has 1 atom stereocenters. The zero-order valence-electron chi connectivity index (χ0n) is 16.2. The Labute approximate surface area is 173 Å². The number of aromatic nitrogens is 1. The third-order valence-corrected chi connectivity index (χ3v) is 7.38. The van der Waals surface area contributed by atoms with E-state index in [1.54, 1.807) is 6.08 Å². The Morgan fingerprint density at radius 1 is 1.34 bits per heavy atom. The molecule has 1 aromatic heterocycles. The van der Waals surface area contributed by atoms with Crippen molar-refractivity contribution in [2.45, 2.75) is 19.4 Å². The van der Waals surface area contributed by atoms with Crippen LogP contribution in [0.4, 0.5) is 0 Å². The maximum atomic E-state index is 12.9. The first-order valence-electron chi connectivity index (χ1n) is 9.44. The molecule has 1 saturated heterocycles. The lowest BCUT2D eigenvalue weighted by molar-refractivity contribution is -0.122. The second kappa shape index (κ2) is 7.92. The van der Waals surface area contributed by atoms with Crippen LogP contribution >= 0.6 is 11.3 Å². The van der Waals surface area contributed by atoms with E-state index in [0.717, 1.165) is 10.2 Å². The maximum absolute atomic E-state index is 12.9. The quantitative estimate of drug-likeness (QED) is 0.680. The van der Waals surface area contributed by atoms with E-state index >= 15 is 0 Å². The zero-order chi connectivity index (χ0) is 20.6. The lowest BCUT2D eigenvalue weighted by Gasteiger charge is -2.28. The normalized spacial score (nSPS) is 20.7. The Morgan fingerprint density at radius 3 is 2.76 bits per heavy atom. The van der Waals surface area contributed by atoms with Crippen molar-refractivity contribution in [1.29, 1.82) is 0 Å². The van der Waals surface area contributed by atoms with Crippen molar-refractivity contribution in [3.8, 4) is 11.5 Å². The van der Waals surface area contributed by atoms with Gasteiger partial charge in [0.25, 0.3) is 5.91 Å². The largest absolute Gasteiger partial charge is 0.486 e. The van der Waals surface area contributed by atoms with E-state index < -0.39 is 15.9 Å². The lowest BCUT2D eigenvalue weighted by atomic mass is 9.99. The molecule has 3 heterocycles. The van der Waals surface area contributed by atoms with Gasteiger partial charge in [-0.15, -0.1) is 6.58 Å². The molecule has 2 aromatic rings. The van der Waals surface area contributed by atoms with Gasteiger partial charge in [0.15, 0.2) is 16.3 Å². The Morgan fingerprint density at radius 2 is 2.07 bits per heavy atom. The zero-order valence-corrected chi connectivity index (χ0v) is 17.8. The van der Waals surface area contributed by atoms with Gasteiger partial charge in [0.1, 0.15) is 13.2 Å². The number of rotatable bonds is 4. The topological polar surface area (TPSA) is 90.2 Å². The minimum Gasteiger partial charge on any atom is -0.486 e. The number of nitrogens with zero attached hydrogens (tertiary/aromatic N) is 3. The number of allylic oxidation sites excluding steroid dienone is 1. The molecule has 2 aliphatic heterocycles. The predicted molar refractivity (Wildman–Crippen MR) is 111 cm³/mol. The molecule has 156 valence electrons. The molecule has 1 unspecified atom stereocenters. The number of ether oxygens (including phenoxy) is 2. The molecule has 8 nitrogen and oxygen atoms in total. The highest BCUT2D eigenvalue weighted by Crippen LogP contribution is 2.35. The Bertz CT molecular complexity index is 1130. The first-order valence-corrected chi connectivity index (χ1v) is 12.1. The predicted octanol–water partition coefficient (Wildman–Crippen LogP) is 1.76. The van der Waals surface area contributed by atoms with Crippen LogP contribution in [0, 0.1) is 5.92 Å². The van der Waals surface area contributed by atoms with E-state index in [4.69, 9.17) is 9.47 Å². The van der Waals surface area contributed by atoms with E-state index in [-0.39, 0.29) is 12.5 Å². The molecule has 10 heteroatoms. The Hall–Kier alpha value is -2.17. The smallest absolute Gasteiger partial charge is 0.252 e. The second-order valence-corrected chi connectivity index (χ2v) is 10.1. The third-order valence-electron chi connectivity index (χ3n) is 5.07. The first kappa shape index (κ1) is 20.1. The molecule has 2 aliphatic rings. The number of fused-ring (bicyclic) bond motifs is 2. The van der Waals surface area contributed by atoms with Crippen LogP contribution in [0.5, 0.6) is 11.5 Å². The molecule has 29 heavy (non-hydrogen) atoms. The van der Waals surface area contributed by atoms with Crippen molar-refractivity contribution in [3.63, 3.8) is 0 Å². The van der Waals surface area contributed by atoms with Crippen LogP contribution in [-0.2, 0) is 21.4 Å². The van der Waals surface area contributed by atoms with Gasteiger partial charge in [0, 0.05) is 31.8 Å². The Kier molecular flexibility index (Phi) is 5.50. The van der Waals surface area contributed by atoms with E-state index in [0.29, 0.717) is 55.4 Å². The molecule has 0 radical (unpaired) electrons. The first-order chi connectivity index (χ1) is 13.9. The molecule has 1 fully saturated rings. The molecule has 0 aliphatic carbocycles. The van der Waals surface area contributed by atoms with Crippen LogP contribution in [0.1, 0.15) is 12.8 Å². The number of hydrogen-bond donors (Lipinski definition) is 0. The van der Waals surface area contributed by atoms with Gasteiger partial charge >= 0.3 is 0 Å². The van der Waals surface area contributed by atoms with Gasteiger partial charge in [-0.2, -0.15) is 4.99 Å². The number of hydrogen-bond acceptors (Lipinski definition) is 6. The van der Waals surface area contributed by atoms with E-state index in [1.165, 1.54) is 21.9 Å². The van der Waals surface area contributed by atoms with E-state index in [1.807, 2.05) is 16.7 Å². The minimum atomic E-state index is -3.32.